The van der Waals surface area contributed by atoms with Crippen molar-refractivity contribution in [2.45, 2.75) is 0 Å². The zero-order chi connectivity index (χ0) is 29.5. The summed E-state index contributed by atoms with van der Waals surface area (Å²) >= 11 is 3.62. The Morgan fingerprint density at radius 2 is 1.20 bits per heavy atom. The molecule has 0 saturated carbocycles. The van der Waals surface area contributed by atoms with Gasteiger partial charge in [0.25, 0.3) is 0 Å². The highest BCUT2D eigenvalue weighted by atomic mass is 32.1. The van der Waals surface area contributed by atoms with Gasteiger partial charge < -0.3 is 4.57 Å². The van der Waals surface area contributed by atoms with Crippen molar-refractivity contribution in [1.29, 1.82) is 0 Å². The Labute approximate surface area is 267 Å². The van der Waals surface area contributed by atoms with Crippen LogP contribution in [0.4, 0.5) is 0 Å². The number of hydrogen-bond donors (Lipinski definition) is 0. The number of rotatable bonds is 3. The van der Waals surface area contributed by atoms with Crippen molar-refractivity contribution in [2.75, 3.05) is 0 Å². The van der Waals surface area contributed by atoms with Gasteiger partial charge in [-0.1, -0.05) is 97.1 Å². The van der Waals surface area contributed by atoms with Crippen molar-refractivity contribution >= 4 is 85.6 Å². The average Bonchev–Trinajstić information content (AvgIpc) is 3.79. The Bertz CT molecular complexity index is 2750. The third-order valence-electron chi connectivity index (χ3n) is 9.01. The lowest BCUT2D eigenvalue weighted by atomic mass is 9.97. The summed E-state index contributed by atoms with van der Waals surface area (Å²) < 4.78 is 6.25. The van der Waals surface area contributed by atoms with Crippen LogP contribution in [-0.2, 0) is 0 Å². The molecule has 0 aliphatic heterocycles. The first-order valence-corrected chi connectivity index (χ1v) is 16.8. The van der Waals surface area contributed by atoms with E-state index >= 15 is 0 Å². The first kappa shape index (κ1) is 25.1. The lowest BCUT2D eigenvalue weighted by Crippen LogP contribution is -1.93. The van der Waals surface area contributed by atoms with Crippen LogP contribution in [0.25, 0.3) is 90.4 Å². The van der Waals surface area contributed by atoms with E-state index in [2.05, 4.69) is 150 Å². The Morgan fingerprint density at radius 1 is 0.467 bits per heavy atom. The van der Waals surface area contributed by atoms with Crippen LogP contribution in [-0.4, -0.2) is 9.55 Å². The molecule has 4 heteroatoms. The van der Waals surface area contributed by atoms with Crippen LogP contribution in [0.2, 0.25) is 0 Å². The summed E-state index contributed by atoms with van der Waals surface area (Å²) in [5.41, 5.74) is 8.31. The minimum Gasteiger partial charge on any atom is -0.309 e. The van der Waals surface area contributed by atoms with E-state index in [1.165, 1.54) is 74.3 Å². The minimum absolute atomic E-state index is 1.06. The molecule has 0 atom stereocenters. The maximum Gasteiger partial charge on any atom is 0.124 e. The second-order valence-corrected chi connectivity index (χ2v) is 13.7. The van der Waals surface area contributed by atoms with Gasteiger partial charge in [-0.15, -0.1) is 22.7 Å². The van der Waals surface area contributed by atoms with Gasteiger partial charge in [-0.25, -0.2) is 4.98 Å². The smallest absolute Gasteiger partial charge is 0.124 e. The molecule has 3 aromatic heterocycles. The van der Waals surface area contributed by atoms with E-state index in [9.17, 15) is 0 Å². The number of aromatic nitrogens is 2. The summed E-state index contributed by atoms with van der Waals surface area (Å²) in [7, 11) is 0. The number of para-hydroxylation sites is 1. The third-order valence-corrected chi connectivity index (χ3v) is 11.2. The Hall–Kier alpha value is -5.29. The van der Waals surface area contributed by atoms with E-state index < -0.39 is 0 Å². The van der Waals surface area contributed by atoms with Crippen LogP contribution in [0.3, 0.4) is 0 Å². The molecule has 0 aliphatic carbocycles. The predicted octanol–water partition coefficient (Wildman–Crippen LogP) is 12.2. The van der Waals surface area contributed by atoms with Crippen LogP contribution in [0, 0.1) is 0 Å². The topological polar surface area (TPSA) is 17.8 Å². The lowest BCUT2D eigenvalue weighted by molar-refractivity contribution is 1.18. The highest BCUT2D eigenvalue weighted by Crippen LogP contribution is 2.43. The summed E-state index contributed by atoms with van der Waals surface area (Å²) in [4.78, 5) is 5.21. The maximum atomic E-state index is 5.21. The van der Waals surface area contributed by atoms with E-state index in [0.717, 1.165) is 16.1 Å². The Balaban J connectivity index is 1.15. The number of nitrogens with zero attached hydrogens (tertiary/aromatic N) is 2. The second-order valence-electron chi connectivity index (χ2n) is 11.6. The number of thiazole rings is 1. The van der Waals surface area contributed by atoms with Gasteiger partial charge in [0.05, 0.1) is 21.3 Å². The van der Waals surface area contributed by atoms with Gasteiger partial charge in [-0.2, -0.15) is 0 Å². The molecule has 0 amide bonds. The lowest BCUT2D eigenvalue weighted by Gasteiger charge is -2.09. The minimum atomic E-state index is 1.06. The number of hydrogen-bond acceptors (Lipinski definition) is 3. The maximum absolute atomic E-state index is 5.21. The van der Waals surface area contributed by atoms with E-state index in [1.54, 1.807) is 11.3 Å². The standard InChI is InChI=1S/C41H24N2S2/c1-2-11-29(12-3-1)43-33-15-8-14-30(38(33)32-23-27-9-4-5-10-28(27)24-34(32)43)25-17-19-26(20-18-25)41-42-40-37(45-41)22-21-36-39(40)31-13-6-7-16-35(31)44-36/h1-24H. The highest BCUT2D eigenvalue weighted by Gasteiger charge is 2.18. The first-order valence-electron chi connectivity index (χ1n) is 15.1. The Kier molecular flexibility index (Phi) is 5.35. The van der Waals surface area contributed by atoms with Crippen molar-refractivity contribution in [3.63, 3.8) is 0 Å². The van der Waals surface area contributed by atoms with Crippen LogP contribution < -0.4 is 0 Å². The fourth-order valence-corrected chi connectivity index (χ4v) is 9.05. The molecular formula is C41H24N2S2. The highest BCUT2D eigenvalue weighted by molar-refractivity contribution is 7.26. The molecule has 3 heterocycles. The molecule has 0 fully saturated rings. The van der Waals surface area contributed by atoms with E-state index in [0.29, 0.717) is 0 Å². The van der Waals surface area contributed by atoms with Crippen molar-refractivity contribution in [2.24, 2.45) is 0 Å². The van der Waals surface area contributed by atoms with Gasteiger partial charge in [0.15, 0.2) is 0 Å². The largest absolute Gasteiger partial charge is 0.309 e. The summed E-state index contributed by atoms with van der Waals surface area (Å²) in [5.74, 6) is 0. The monoisotopic (exact) mass is 608 g/mol. The van der Waals surface area contributed by atoms with E-state index in [-0.39, 0.29) is 0 Å². The first-order chi connectivity index (χ1) is 22.3. The number of thiophene rings is 1. The fraction of sp³-hybridized carbons (Fsp3) is 0. The molecule has 0 unspecified atom stereocenters. The normalized spacial score (nSPS) is 12.0. The van der Waals surface area contributed by atoms with Gasteiger partial charge >= 0.3 is 0 Å². The summed E-state index contributed by atoms with van der Waals surface area (Å²) in [6.07, 6.45) is 0. The van der Waals surface area contributed by atoms with Gasteiger partial charge in [0.2, 0.25) is 0 Å². The predicted molar refractivity (Wildman–Crippen MR) is 195 cm³/mol. The molecule has 210 valence electrons. The molecule has 0 aliphatic rings. The zero-order valence-electron chi connectivity index (χ0n) is 24.1. The molecule has 0 N–H and O–H groups in total. The van der Waals surface area contributed by atoms with Crippen LogP contribution in [0.5, 0.6) is 0 Å². The molecule has 10 rings (SSSR count). The molecule has 0 saturated heterocycles. The summed E-state index contributed by atoms with van der Waals surface area (Å²) in [6, 6.07) is 52.9. The van der Waals surface area contributed by atoms with E-state index in [4.69, 9.17) is 4.98 Å². The summed E-state index contributed by atoms with van der Waals surface area (Å²) in [6.45, 7) is 0. The SMILES string of the molecule is c1ccc(-n2c3cc4ccccc4cc3c3c(-c4ccc(-c5nc6c(ccc7sc8ccccc8c76)s5)cc4)cccc32)cc1. The number of benzene rings is 7. The molecule has 7 aromatic carbocycles. The fourth-order valence-electron chi connectivity index (χ4n) is 6.97. The van der Waals surface area contributed by atoms with Crippen molar-refractivity contribution in [1.82, 2.24) is 9.55 Å². The van der Waals surface area contributed by atoms with Gasteiger partial charge in [0.1, 0.15) is 5.01 Å². The molecular weight excluding hydrogens is 585 g/mol. The number of fused-ring (bicyclic) bond motifs is 9. The van der Waals surface area contributed by atoms with E-state index in [1.807, 2.05) is 11.3 Å². The summed E-state index contributed by atoms with van der Waals surface area (Å²) in [5, 5.41) is 8.69. The van der Waals surface area contributed by atoms with Gasteiger partial charge in [-0.05, 0) is 70.4 Å². The van der Waals surface area contributed by atoms with Crippen LogP contribution in [0.1, 0.15) is 0 Å². The second kappa shape index (κ2) is 9.60. The third kappa shape index (κ3) is 3.77. The van der Waals surface area contributed by atoms with Crippen molar-refractivity contribution in [3.8, 4) is 27.4 Å². The molecule has 0 spiro atoms. The van der Waals surface area contributed by atoms with Crippen molar-refractivity contribution in [3.05, 3.63) is 146 Å². The molecule has 10 aromatic rings. The molecule has 45 heavy (non-hydrogen) atoms. The van der Waals surface area contributed by atoms with Gasteiger partial charge in [-0.3, -0.25) is 0 Å². The van der Waals surface area contributed by atoms with Crippen molar-refractivity contribution < 1.29 is 0 Å². The molecule has 0 bridgehead atoms. The Morgan fingerprint density at radius 3 is 2.07 bits per heavy atom. The quantitative estimate of drug-likeness (QED) is 0.195. The van der Waals surface area contributed by atoms with Crippen LogP contribution >= 0.6 is 22.7 Å². The van der Waals surface area contributed by atoms with Crippen LogP contribution in [0.15, 0.2) is 146 Å². The zero-order valence-corrected chi connectivity index (χ0v) is 25.7. The molecule has 2 nitrogen and oxygen atoms in total. The van der Waals surface area contributed by atoms with Gasteiger partial charge in [0, 0.05) is 42.2 Å². The molecule has 0 radical (unpaired) electrons. The average molecular weight is 609 g/mol.